The molecule has 2 fully saturated rings. The number of hydrogen-bond acceptors (Lipinski definition) is 4. The highest BCUT2D eigenvalue weighted by Crippen LogP contribution is 2.39. The first-order valence-electron chi connectivity index (χ1n) is 11.7. The molecule has 1 aliphatic carbocycles. The predicted octanol–water partition coefficient (Wildman–Crippen LogP) is 3.60. The Morgan fingerprint density at radius 1 is 1.09 bits per heavy atom. The summed E-state index contributed by atoms with van der Waals surface area (Å²) in [6.07, 6.45) is 7.80. The summed E-state index contributed by atoms with van der Waals surface area (Å²) >= 11 is 3.45. The zero-order chi connectivity index (χ0) is 22.9. The van der Waals surface area contributed by atoms with Crippen LogP contribution in [0.25, 0.3) is 0 Å². The van der Waals surface area contributed by atoms with E-state index >= 15 is 0 Å². The summed E-state index contributed by atoms with van der Waals surface area (Å²) in [6.45, 7) is 2.85. The third-order valence-electron chi connectivity index (χ3n) is 6.92. The molecular formula is C23H32BrN3O4S. The van der Waals surface area contributed by atoms with Crippen molar-refractivity contribution in [2.24, 2.45) is 5.92 Å². The van der Waals surface area contributed by atoms with Gasteiger partial charge in [0, 0.05) is 36.6 Å². The number of carbonyl (C=O) groups is 2. The number of benzene rings is 1. The predicted molar refractivity (Wildman–Crippen MR) is 127 cm³/mol. The van der Waals surface area contributed by atoms with Crippen molar-refractivity contribution in [3.63, 3.8) is 0 Å². The van der Waals surface area contributed by atoms with E-state index in [0.29, 0.717) is 48.9 Å². The molecule has 2 aliphatic heterocycles. The highest BCUT2D eigenvalue weighted by Gasteiger charge is 2.38. The van der Waals surface area contributed by atoms with Crippen LogP contribution in [0.2, 0.25) is 0 Å². The normalized spacial score (nSPS) is 22.6. The van der Waals surface area contributed by atoms with E-state index in [1.54, 1.807) is 17.9 Å². The molecule has 1 unspecified atom stereocenters. The maximum absolute atomic E-state index is 13.7. The average molecular weight is 526 g/mol. The lowest BCUT2D eigenvalue weighted by atomic mass is 9.93. The van der Waals surface area contributed by atoms with Gasteiger partial charge >= 0.3 is 0 Å². The van der Waals surface area contributed by atoms with Crippen molar-refractivity contribution in [2.45, 2.75) is 75.6 Å². The summed E-state index contributed by atoms with van der Waals surface area (Å²) in [6, 6.07) is 3.71. The van der Waals surface area contributed by atoms with Crippen LogP contribution in [0.4, 0.5) is 5.69 Å². The summed E-state index contributed by atoms with van der Waals surface area (Å²) in [4.78, 5) is 27.2. The molecule has 3 aliphatic rings. The van der Waals surface area contributed by atoms with Gasteiger partial charge in [0.2, 0.25) is 21.8 Å². The van der Waals surface area contributed by atoms with Crippen molar-refractivity contribution in [3.8, 4) is 0 Å². The maximum atomic E-state index is 13.7. The van der Waals surface area contributed by atoms with Gasteiger partial charge in [-0.15, -0.1) is 0 Å². The quantitative estimate of drug-likeness (QED) is 0.636. The Hall–Kier alpha value is -1.45. The minimum atomic E-state index is -3.85. The first kappa shape index (κ1) is 23.7. The van der Waals surface area contributed by atoms with Crippen molar-refractivity contribution in [3.05, 3.63) is 22.2 Å². The Labute approximate surface area is 199 Å². The Morgan fingerprint density at radius 3 is 2.56 bits per heavy atom. The number of piperidine rings is 1. The van der Waals surface area contributed by atoms with Crippen molar-refractivity contribution in [1.29, 1.82) is 0 Å². The molecule has 0 aromatic heterocycles. The van der Waals surface area contributed by atoms with Crippen molar-refractivity contribution in [1.82, 2.24) is 9.62 Å². The van der Waals surface area contributed by atoms with Gasteiger partial charge in [-0.25, -0.2) is 8.42 Å². The SMILES string of the molecule is CCC(=O)N1CCc2cc(Br)cc(S(=O)(=O)N3CCCC(C(=O)NC4CCCCC4)C3)c21. The smallest absolute Gasteiger partial charge is 0.245 e. The number of sulfonamides is 1. The maximum Gasteiger partial charge on any atom is 0.245 e. The van der Waals surface area contributed by atoms with Gasteiger partial charge in [0.05, 0.1) is 11.6 Å². The minimum absolute atomic E-state index is 0.0286. The van der Waals surface area contributed by atoms with Crippen LogP contribution in [0.3, 0.4) is 0 Å². The van der Waals surface area contributed by atoms with E-state index in [1.807, 2.05) is 6.07 Å². The third-order valence-corrected chi connectivity index (χ3v) is 9.26. The van der Waals surface area contributed by atoms with Gasteiger partial charge in [-0.1, -0.05) is 42.1 Å². The number of fused-ring (bicyclic) bond motifs is 1. The largest absolute Gasteiger partial charge is 0.353 e. The van der Waals surface area contributed by atoms with Crippen molar-refractivity contribution in [2.75, 3.05) is 24.5 Å². The topological polar surface area (TPSA) is 86.8 Å². The number of amides is 2. The fraction of sp³-hybridized carbons (Fsp3) is 0.652. The highest BCUT2D eigenvalue weighted by atomic mass is 79.9. The second kappa shape index (κ2) is 9.81. The van der Waals surface area contributed by atoms with E-state index in [0.717, 1.165) is 31.2 Å². The molecule has 7 nitrogen and oxygen atoms in total. The molecule has 1 N–H and O–H groups in total. The number of nitrogens with zero attached hydrogens (tertiary/aromatic N) is 2. The highest BCUT2D eigenvalue weighted by molar-refractivity contribution is 9.10. The second-order valence-electron chi connectivity index (χ2n) is 9.11. The Balaban J connectivity index is 1.57. The van der Waals surface area contributed by atoms with Gasteiger partial charge in [-0.3, -0.25) is 9.59 Å². The molecule has 0 radical (unpaired) electrons. The van der Waals surface area contributed by atoms with E-state index in [2.05, 4.69) is 21.2 Å². The second-order valence-corrected chi connectivity index (χ2v) is 11.9. The van der Waals surface area contributed by atoms with E-state index < -0.39 is 10.0 Å². The van der Waals surface area contributed by atoms with Crippen LogP contribution in [-0.2, 0) is 26.0 Å². The van der Waals surface area contributed by atoms with Crippen LogP contribution in [0, 0.1) is 5.92 Å². The number of hydrogen-bond donors (Lipinski definition) is 1. The molecule has 2 amide bonds. The number of nitrogens with one attached hydrogen (secondary N) is 1. The summed E-state index contributed by atoms with van der Waals surface area (Å²) in [5, 5.41) is 3.16. The number of anilines is 1. The molecule has 176 valence electrons. The van der Waals surface area contributed by atoms with Crippen molar-refractivity contribution < 1.29 is 18.0 Å². The molecule has 0 bridgehead atoms. The standard InChI is InChI=1S/C23H32BrN3O4S/c1-2-21(28)27-12-10-16-13-18(24)14-20(22(16)27)32(30,31)26-11-6-7-17(15-26)23(29)25-19-8-4-3-5-9-19/h13-14,17,19H,2-12,15H2,1H3,(H,25,29). The third kappa shape index (κ3) is 4.75. The van der Waals surface area contributed by atoms with E-state index in [1.165, 1.54) is 10.7 Å². The monoisotopic (exact) mass is 525 g/mol. The molecule has 32 heavy (non-hydrogen) atoms. The molecule has 0 spiro atoms. The van der Waals surface area contributed by atoms with Gasteiger partial charge in [-0.05, 0) is 49.8 Å². The average Bonchev–Trinajstić information content (AvgIpc) is 3.22. The Bertz CT molecular complexity index is 991. The van der Waals surface area contributed by atoms with Crippen LogP contribution in [0.1, 0.15) is 63.9 Å². The number of carbonyl (C=O) groups excluding carboxylic acids is 2. The van der Waals surface area contributed by atoms with E-state index in [-0.39, 0.29) is 35.2 Å². The van der Waals surface area contributed by atoms with Gasteiger partial charge in [0.1, 0.15) is 4.90 Å². The van der Waals surface area contributed by atoms with Crippen LogP contribution < -0.4 is 10.2 Å². The molecule has 2 heterocycles. The van der Waals surface area contributed by atoms with Gasteiger partial charge < -0.3 is 10.2 Å². The fourth-order valence-electron chi connectivity index (χ4n) is 5.19. The molecule has 1 aromatic rings. The molecular weight excluding hydrogens is 494 g/mol. The first-order valence-corrected chi connectivity index (χ1v) is 14.0. The summed E-state index contributed by atoms with van der Waals surface area (Å²) in [7, 11) is -3.85. The summed E-state index contributed by atoms with van der Waals surface area (Å²) in [5.74, 6) is -0.445. The molecule has 4 rings (SSSR count). The van der Waals surface area contributed by atoms with Crippen LogP contribution in [-0.4, -0.2) is 50.2 Å². The van der Waals surface area contributed by atoms with Gasteiger partial charge in [-0.2, -0.15) is 4.31 Å². The fourth-order valence-corrected chi connectivity index (χ4v) is 7.63. The van der Waals surface area contributed by atoms with Gasteiger partial charge in [0.25, 0.3) is 0 Å². The van der Waals surface area contributed by atoms with Crippen LogP contribution >= 0.6 is 15.9 Å². The molecule has 1 saturated heterocycles. The Morgan fingerprint density at radius 2 is 1.84 bits per heavy atom. The lowest BCUT2D eigenvalue weighted by molar-refractivity contribution is -0.127. The Kier molecular flexibility index (Phi) is 7.27. The van der Waals surface area contributed by atoms with Crippen molar-refractivity contribution >= 4 is 43.5 Å². The van der Waals surface area contributed by atoms with E-state index in [4.69, 9.17) is 0 Å². The first-order chi connectivity index (χ1) is 15.3. The lowest BCUT2D eigenvalue weighted by Crippen LogP contribution is -2.48. The zero-order valence-corrected chi connectivity index (χ0v) is 21.0. The minimum Gasteiger partial charge on any atom is -0.353 e. The summed E-state index contributed by atoms with van der Waals surface area (Å²) in [5.41, 5.74) is 1.37. The summed E-state index contributed by atoms with van der Waals surface area (Å²) < 4.78 is 29.6. The molecule has 1 atom stereocenters. The van der Waals surface area contributed by atoms with E-state index in [9.17, 15) is 18.0 Å². The van der Waals surface area contributed by atoms with Crippen LogP contribution in [0.15, 0.2) is 21.5 Å². The molecule has 9 heteroatoms. The van der Waals surface area contributed by atoms with Gasteiger partial charge in [0.15, 0.2) is 0 Å². The number of halogens is 1. The number of rotatable bonds is 5. The van der Waals surface area contributed by atoms with Crippen LogP contribution in [0.5, 0.6) is 0 Å². The zero-order valence-electron chi connectivity index (χ0n) is 18.6. The molecule has 1 aromatic carbocycles. The molecule has 1 saturated carbocycles. The lowest BCUT2D eigenvalue weighted by Gasteiger charge is -2.33.